The molecular formula is C14H20N4. The normalized spacial score (nSPS) is 19.3. The summed E-state index contributed by atoms with van der Waals surface area (Å²) in [4.78, 5) is 8.99. The second kappa shape index (κ2) is 4.05. The van der Waals surface area contributed by atoms with Gasteiger partial charge in [0.25, 0.3) is 0 Å². The lowest BCUT2D eigenvalue weighted by Gasteiger charge is -2.23. The molecule has 0 atom stereocenters. The number of hydrogen-bond donors (Lipinski definition) is 1. The molecule has 2 aromatic heterocycles. The Balaban J connectivity index is 0.000000478. The van der Waals surface area contributed by atoms with Crippen LogP contribution in [0.5, 0.6) is 0 Å². The van der Waals surface area contributed by atoms with Crippen LogP contribution in [0.3, 0.4) is 0 Å². The average Bonchev–Trinajstić information content (AvgIpc) is 3.13. The molecule has 96 valence electrons. The molecule has 0 aromatic carbocycles. The Bertz CT molecular complexity index is 581. The van der Waals surface area contributed by atoms with Crippen molar-refractivity contribution in [3.05, 3.63) is 23.7 Å². The quantitative estimate of drug-likeness (QED) is 0.772. The minimum Gasteiger partial charge on any atom is -0.330 e. The molecule has 2 aliphatic rings. The number of aromatic nitrogens is 3. The van der Waals surface area contributed by atoms with Gasteiger partial charge in [-0.2, -0.15) is 0 Å². The molecule has 3 heterocycles. The maximum atomic E-state index is 4.54. The van der Waals surface area contributed by atoms with Crippen LogP contribution in [-0.4, -0.2) is 21.1 Å². The highest BCUT2D eigenvalue weighted by Gasteiger charge is 2.49. The van der Waals surface area contributed by atoms with Crippen LogP contribution >= 0.6 is 0 Å². The highest BCUT2D eigenvalue weighted by molar-refractivity contribution is 5.80. The summed E-state index contributed by atoms with van der Waals surface area (Å²) < 4.78 is 2.20. The summed E-state index contributed by atoms with van der Waals surface area (Å²) in [5, 5.41) is 3.52. The average molecular weight is 244 g/mol. The first-order valence-electron chi connectivity index (χ1n) is 6.81. The van der Waals surface area contributed by atoms with E-state index >= 15 is 0 Å². The van der Waals surface area contributed by atoms with Crippen molar-refractivity contribution < 1.29 is 0 Å². The summed E-state index contributed by atoms with van der Waals surface area (Å²) in [6.45, 7) is 6.06. The second-order valence-corrected chi connectivity index (χ2v) is 4.99. The van der Waals surface area contributed by atoms with E-state index in [0.717, 1.165) is 24.3 Å². The smallest absolute Gasteiger partial charge is 0.158 e. The maximum absolute atomic E-state index is 4.54. The van der Waals surface area contributed by atoms with Crippen molar-refractivity contribution in [1.29, 1.82) is 0 Å². The number of nitrogens with zero attached hydrogens (tertiary/aromatic N) is 3. The van der Waals surface area contributed by atoms with Crippen LogP contribution in [0.15, 0.2) is 12.4 Å². The molecular weight excluding hydrogens is 224 g/mol. The van der Waals surface area contributed by atoms with Gasteiger partial charge in [0.15, 0.2) is 5.65 Å². The molecule has 4 rings (SSSR count). The SMILES string of the molecule is CC.Cn1c2c(c3nccnc31)C1(CC1)CNC2. The van der Waals surface area contributed by atoms with Crippen LogP contribution in [0.4, 0.5) is 0 Å². The fraction of sp³-hybridized carbons (Fsp3) is 0.571. The van der Waals surface area contributed by atoms with Crippen LogP contribution in [0.1, 0.15) is 37.9 Å². The highest BCUT2D eigenvalue weighted by Crippen LogP contribution is 2.52. The zero-order valence-electron chi connectivity index (χ0n) is 11.3. The predicted octanol–water partition coefficient (Wildman–Crippen LogP) is 2.13. The largest absolute Gasteiger partial charge is 0.330 e. The zero-order chi connectivity index (χ0) is 12.8. The number of aryl methyl sites for hydroxylation is 1. The van der Waals surface area contributed by atoms with Gasteiger partial charge in [0.05, 0.1) is 0 Å². The van der Waals surface area contributed by atoms with Gasteiger partial charge in [0.1, 0.15) is 5.52 Å². The van der Waals surface area contributed by atoms with Crippen LogP contribution in [0.2, 0.25) is 0 Å². The van der Waals surface area contributed by atoms with Crippen molar-refractivity contribution >= 4 is 11.2 Å². The molecule has 4 heteroatoms. The minimum absolute atomic E-state index is 0.378. The first kappa shape index (κ1) is 11.7. The Kier molecular flexibility index (Phi) is 2.63. The van der Waals surface area contributed by atoms with E-state index in [1.165, 1.54) is 24.1 Å². The van der Waals surface area contributed by atoms with Crippen molar-refractivity contribution in [2.45, 2.75) is 38.6 Å². The summed E-state index contributed by atoms with van der Waals surface area (Å²) in [7, 11) is 2.10. The molecule has 0 unspecified atom stereocenters. The Hall–Kier alpha value is -1.42. The van der Waals surface area contributed by atoms with Crippen LogP contribution in [0.25, 0.3) is 11.2 Å². The fourth-order valence-electron chi connectivity index (χ4n) is 3.04. The highest BCUT2D eigenvalue weighted by atomic mass is 15.1. The van der Waals surface area contributed by atoms with E-state index in [1.807, 2.05) is 13.8 Å². The van der Waals surface area contributed by atoms with Crippen molar-refractivity contribution in [3.63, 3.8) is 0 Å². The van der Waals surface area contributed by atoms with E-state index < -0.39 is 0 Å². The standard InChI is InChI=1S/C12H14N4.C2H6/c1-16-8-6-13-7-12(2-3-12)9(8)10-11(16)15-5-4-14-10;1-2/h4-5,13H,2-3,6-7H2,1H3;1-2H3. The van der Waals surface area contributed by atoms with Gasteiger partial charge in [-0.25, -0.2) is 4.98 Å². The molecule has 0 saturated heterocycles. The van der Waals surface area contributed by atoms with Gasteiger partial charge in [0, 0.05) is 49.2 Å². The first-order chi connectivity index (χ1) is 8.82. The van der Waals surface area contributed by atoms with Gasteiger partial charge < -0.3 is 9.88 Å². The fourth-order valence-corrected chi connectivity index (χ4v) is 3.04. The van der Waals surface area contributed by atoms with Crippen LogP contribution in [-0.2, 0) is 19.0 Å². The van der Waals surface area contributed by atoms with Gasteiger partial charge in [-0.15, -0.1) is 0 Å². The lowest BCUT2D eigenvalue weighted by molar-refractivity contribution is 0.517. The molecule has 0 bridgehead atoms. The van der Waals surface area contributed by atoms with E-state index in [9.17, 15) is 0 Å². The third-order valence-corrected chi connectivity index (χ3v) is 4.07. The summed E-state index contributed by atoms with van der Waals surface area (Å²) in [5.41, 5.74) is 5.38. The number of fused-ring (bicyclic) bond motifs is 4. The Labute approximate surface area is 107 Å². The van der Waals surface area contributed by atoms with Crippen LogP contribution < -0.4 is 5.32 Å². The summed E-state index contributed by atoms with van der Waals surface area (Å²) in [5.74, 6) is 0. The van der Waals surface area contributed by atoms with E-state index in [4.69, 9.17) is 0 Å². The summed E-state index contributed by atoms with van der Waals surface area (Å²) in [6.07, 6.45) is 6.17. The molecule has 1 saturated carbocycles. The monoisotopic (exact) mass is 244 g/mol. The van der Waals surface area contributed by atoms with E-state index in [1.54, 1.807) is 12.4 Å². The molecule has 0 amide bonds. The molecule has 1 fully saturated rings. The Morgan fingerprint density at radius 1 is 1.22 bits per heavy atom. The van der Waals surface area contributed by atoms with Crippen molar-refractivity contribution in [3.8, 4) is 0 Å². The number of hydrogen-bond acceptors (Lipinski definition) is 3. The van der Waals surface area contributed by atoms with Gasteiger partial charge in [-0.05, 0) is 12.8 Å². The van der Waals surface area contributed by atoms with Gasteiger partial charge in [-0.3, -0.25) is 4.98 Å². The Morgan fingerprint density at radius 2 is 1.94 bits per heavy atom. The molecule has 1 aliphatic heterocycles. The van der Waals surface area contributed by atoms with E-state index in [-0.39, 0.29) is 0 Å². The molecule has 1 aliphatic carbocycles. The topological polar surface area (TPSA) is 42.7 Å². The molecule has 2 aromatic rings. The second-order valence-electron chi connectivity index (χ2n) is 4.99. The summed E-state index contributed by atoms with van der Waals surface area (Å²) >= 11 is 0. The Morgan fingerprint density at radius 3 is 2.67 bits per heavy atom. The van der Waals surface area contributed by atoms with Crippen molar-refractivity contribution in [2.24, 2.45) is 7.05 Å². The first-order valence-corrected chi connectivity index (χ1v) is 6.81. The maximum Gasteiger partial charge on any atom is 0.158 e. The summed E-state index contributed by atoms with van der Waals surface area (Å²) in [6, 6.07) is 0. The number of nitrogens with one attached hydrogen (secondary N) is 1. The third kappa shape index (κ3) is 1.42. The molecule has 18 heavy (non-hydrogen) atoms. The van der Waals surface area contributed by atoms with E-state index in [0.29, 0.717) is 5.41 Å². The lowest BCUT2D eigenvalue weighted by atomic mass is 9.92. The van der Waals surface area contributed by atoms with Gasteiger partial charge in [-0.1, -0.05) is 13.8 Å². The molecule has 1 N–H and O–H groups in total. The van der Waals surface area contributed by atoms with Gasteiger partial charge >= 0.3 is 0 Å². The van der Waals surface area contributed by atoms with E-state index in [2.05, 4.69) is 26.9 Å². The molecule has 1 spiro atoms. The van der Waals surface area contributed by atoms with Crippen molar-refractivity contribution in [1.82, 2.24) is 19.9 Å². The van der Waals surface area contributed by atoms with Crippen LogP contribution in [0, 0.1) is 0 Å². The number of rotatable bonds is 0. The minimum atomic E-state index is 0.378. The van der Waals surface area contributed by atoms with Gasteiger partial charge in [0.2, 0.25) is 0 Å². The molecule has 4 nitrogen and oxygen atoms in total. The predicted molar refractivity (Wildman–Crippen MR) is 72.5 cm³/mol. The lowest BCUT2D eigenvalue weighted by Crippen LogP contribution is -2.33. The zero-order valence-corrected chi connectivity index (χ0v) is 11.3. The molecule has 0 radical (unpaired) electrons. The third-order valence-electron chi connectivity index (χ3n) is 4.07. The van der Waals surface area contributed by atoms with Crippen molar-refractivity contribution in [2.75, 3.05) is 6.54 Å².